The summed E-state index contributed by atoms with van der Waals surface area (Å²) in [5.41, 5.74) is 1.12. The van der Waals surface area contributed by atoms with Crippen molar-refractivity contribution in [2.75, 3.05) is 32.5 Å². The van der Waals surface area contributed by atoms with E-state index in [4.69, 9.17) is 4.74 Å². The van der Waals surface area contributed by atoms with Crippen LogP contribution in [0.25, 0.3) is 0 Å². The van der Waals surface area contributed by atoms with Crippen molar-refractivity contribution < 1.29 is 8.95 Å². The summed E-state index contributed by atoms with van der Waals surface area (Å²) in [5.74, 6) is 2.70. The van der Waals surface area contributed by atoms with Gasteiger partial charge in [0.05, 0.1) is 6.10 Å². The van der Waals surface area contributed by atoms with E-state index in [1.807, 2.05) is 30.3 Å². The summed E-state index contributed by atoms with van der Waals surface area (Å²) in [6.07, 6.45) is 6.62. The monoisotopic (exact) mass is 521 g/mol. The van der Waals surface area contributed by atoms with Crippen LogP contribution in [0.2, 0.25) is 0 Å². The van der Waals surface area contributed by atoms with Crippen LogP contribution in [-0.4, -0.2) is 48.8 Å². The van der Waals surface area contributed by atoms with Crippen molar-refractivity contribution >= 4 is 40.7 Å². The molecule has 28 heavy (non-hydrogen) atoms. The van der Waals surface area contributed by atoms with Crippen molar-refractivity contribution in [1.29, 1.82) is 0 Å². The fraction of sp³-hybridized carbons (Fsp3) is 0.667. The van der Waals surface area contributed by atoms with Crippen molar-refractivity contribution in [3.63, 3.8) is 0 Å². The highest BCUT2D eigenvalue weighted by molar-refractivity contribution is 14.0. The Labute approximate surface area is 190 Å². The van der Waals surface area contributed by atoms with Gasteiger partial charge in [0.2, 0.25) is 0 Å². The SMILES string of the molecule is CCOC(CCNC(=NC)NCCS(=O)Cc1ccccc1)C1CCCC1.I. The van der Waals surface area contributed by atoms with E-state index in [-0.39, 0.29) is 24.0 Å². The fourth-order valence-electron chi connectivity index (χ4n) is 3.67. The van der Waals surface area contributed by atoms with Crippen molar-refractivity contribution in [1.82, 2.24) is 10.6 Å². The number of hydrogen-bond donors (Lipinski definition) is 2. The van der Waals surface area contributed by atoms with Crippen LogP contribution < -0.4 is 10.6 Å². The highest BCUT2D eigenvalue weighted by Crippen LogP contribution is 2.30. The first-order valence-corrected chi connectivity index (χ1v) is 11.7. The standard InChI is InChI=1S/C21H35N3O2S.HI/c1-3-26-20(19-11-7-8-12-19)13-14-23-21(22-2)24-15-16-27(25)17-18-9-5-4-6-10-18;/h4-6,9-10,19-20H,3,7-8,11-17H2,1-2H3,(H2,22,23,24);1H. The average Bonchev–Trinajstić information content (AvgIpc) is 3.21. The minimum absolute atomic E-state index is 0. The lowest BCUT2D eigenvalue weighted by atomic mass is 9.98. The summed E-state index contributed by atoms with van der Waals surface area (Å²) in [4.78, 5) is 4.26. The van der Waals surface area contributed by atoms with Crippen molar-refractivity contribution in [2.45, 2.75) is 50.9 Å². The number of guanidine groups is 1. The van der Waals surface area contributed by atoms with Gasteiger partial charge >= 0.3 is 0 Å². The molecule has 0 saturated heterocycles. The van der Waals surface area contributed by atoms with Gasteiger partial charge < -0.3 is 15.4 Å². The Kier molecular flexibility index (Phi) is 13.8. The zero-order chi connectivity index (χ0) is 19.3. The smallest absolute Gasteiger partial charge is 0.191 e. The molecule has 2 unspecified atom stereocenters. The average molecular weight is 522 g/mol. The number of halogens is 1. The number of rotatable bonds is 11. The Balaban J connectivity index is 0.00000392. The van der Waals surface area contributed by atoms with E-state index in [0.717, 1.165) is 31.1 Å². The molecule has 1 aromatic rings. The number of ether oxygens (including phenoxy) is 1. The molecule has 7 heteroatoms. The molecule has 2 N–H and O–H groups in total. The van der Waals surface area contributed by atoms with E-state index in [0.29, 0.717) is 30.1 Å². The Morgan fingerprint density at radius 2 is 1.89 bits per heavy atom. The van der Waals surface area contributed by atoms with Gasteiger partial charge in [0.1, 0.15) is 0 Å². The molecule has 1 aromatic carbocycles. The Morgan fingerprint density at radius 3 is 2.54 bits per heavy atom. The summed E-state index contributed by atoms with van der Waals surface area (Å²) in [6, 6.07) is 9.98. The second-order valence-corrected chi connectivity index (χ2v) is 8.60. The van der Waals surface area contributed by atoms with Gasteiger partial charge in [-0.1, -0.05) is 43.2 Å². The van der Waals surface area contributed by atoms with Gasteiger partial charge in [-0.2, -0.15) is 0 Å². The number of hydrogen-bond acceptors (Lipinski definition) is 3. The van der Waals surface area contributed by atoms with Gasteiger partial charge in [-0.05, 0) is 37.7 Å². The molecular formula is C21H36IN3O2S. The Bertz CT molecular complexity index is 580. The predicted molar refractivity (Wildman–Crippen MR) is 130 cm³/mol. The van der Waals surface area contributed by atoms with Crippen LogP contribution in [0.15, 0.2) is 35.3 Å². The molecule has 1 fully saturated rings. The second-order valence-electron chi connectivity index (χ2n) is 7.03. The quantitative estimate of drug-likeness (QED) is 0.265. The molecular weight excluding hydrogens is 485 g/mol. The summed E-state index contributed by atoms with van der Waals surface area (Å²) >= 11 is 0. The lowest BCUT2D eigenvalue weighted by Crippen LogP contribution is -2.41. The highest BCUT2D eigenvalue weighted by Gasteiger charge is 2.25. The van der Waals surface area contributed by atoms with Gasteiger partial charge in [-0.25, -0.2) is 0 Å². The van der Waals surface area contributed by atoms with Crippen LogP contribution in [0.5, 0.6) is 0 Å². The molecule has 1 aliphatic rings. The molecule has 5 nitrogen and oxygen atoms in total. The topological polar surface area (TPSA) is 62.7 Å². The summed E-state index contributed by atoms with van der Waals surface area (Å²) in [7, 11) is 0.899. The molecule has 1 saturated carbocycles. The molecule has 160 valence electrons. The summed E-state index contributed by atoms with van der Waals surface area (Å²) < 4.78 is 18.2. The lowest BCUT2D eigenvalue weighted by Gasteiger charge is -2.24. The van der Waals surface area contributed by atoms with E-state index in [1.165, 1.54) is 25.7 Å². The van der Waals surface area contributed by atoms with Crippen molar-refractivity contribution in [2.24, 2.45) is 10.9 Å². The minimum Gasteiger partial charge on any atom is -0.378 e. The molecule has 0 radical (unpaired) electrons. The fourth-order valence-corrected chi connectivity index (χ4v) is 4.71. The van der Waals surface area contributed by atoms with Crippen molar-refractivity contribution in [3.05, 3.63) is 35.9 Å². The maximum absolute atomic E-state index is 12.2. The lowest BCUT2D eigenvalue weighted by molar-refractivity contribution is 0.0169. The summed E-state index contributed by atoms with van der Waals surface area (Å²) in [6.45, 7) is 4.34. The zero-order valence-electron chi connectivity index (χ0n) is 17.2. The Morgan fingerprint density at radius 1 is 1.21 bits per heavy atom. The maximum atomic E-state index is 12.2. The molecule has 0 bridgehead atoms. The number of nitrogens with zero attached hydrogens (tertiary/aromatic N) is 1. The highest BCUT2D eigenvalue weighted by atomic mass is 127. The first kappa shape index (κ1) is 25.4. The van der Waals surface area contributed by atoms with Gasteiger partial charge in [0.15, 0.2) is 5.96 Å². The van der Waals surface area contributed by atoms with Gasteiger partial charge in [-0.15, -0.1) is 24.0 Å². The van der Waals surface area contributed by atoms with Crippen LogP contribution in [0, 0.1) is 5.92 Å². The summed E-state index contributed by atoms with van der Waals surface area (Å²) in [5, 5.41) is 6.63. The number of aliphatic imine (C=N–C) groups is 1. The maximum Gasteiger partial charge on any atom is 0.191 e. The molecule has 0 aliphatic heterocycles. The van der Waals surface area contributed by atoms with E-state index in [1.54, 1.807) is 7.05 Å². The molecule has 2 atom stereocenters. The number of nitrogens with one attached hydrogen (secondary N) is 2. The molecule has 2 rings (SSSR count). The first-order valence-electron chi connectivity index (χ1n) is 10.2. The van der Waals surface area contributed by atoms with Gasteiger partial charge in [0.25, 0.3) is 0 Å². The van der Waals surface area contributed by atoms with E-state index >= 15 is 0 Å². The predicted octanol–water partition coefficient (Wildman–Crippen LogP) is 3.70. The molecule has 0 aromatic heterocycles. The van der Waals surface area contributed by atoms with Gasteiger partial charge in [0, 0.05) is 49.0 Å². The molecule has 0 amide bonds. The Hall–Kier alpha value is -0.670. The zero-order valence-corrected chi connectivity index (χ0v) is 20.3. The minimum atomic E-state index is -0.872. The second kappa shape index (κ2) is 15.2. The third-order valence-electron chi connectivity index (χ3n) is 5.04. The van der Waals surface area contributed by atoms with Crippen molar-refractivity contribution in [3.8, 4) is 0 Å². The van der Waals surface area contributed by atoms with E-state index in [9.17, 15) is 4.21 Å². The van der Waals surface area contributed by atoms with Crippen LogP contribution in [-0.2, 0) is 21.3 Å². The molecule has 0 spiro atoms. The third-order valence-corrected chi connectivity index (χ3v) is 6.36. The molecule has 1 aliphatic carbocycles. The molecule has 0 heterocycles. The number of benzene rings is 1. The van der Waals surface area contributed by atoms with Crippen LogP contribution in [0.3, 0.4) is 0 Å². The van der Waals surface area contributed by atoms with Crippen LogP contribution >= 0.6 is 24.0 Å². The van der Waals surface area contributed by atoms with Crippen LogP contribution in [0.4, 0.5) is 0 Å². The first-order chi connectivity index (χ1) is 13.2. The van der Waals surface area contributed by atoms with Crippen LogP contribution in [0.1, 0.15) is 44.6 Å². The largest absolute Gasteiger partial charge is 0.378 e. The third kappa shape index (κ3) is 9.69. The van der Waals surface area contributed by atoms with Gasteiger partial charge in [-0.3, -0.25) is 9.20 Å². The van der Waals surface area contributed by atoms with E-state index < -0.39 is 10.8 Å². The van der Waals surface area contributed by atoms with E-state index in [2.05, 4.69) is 22.5 Å². The normalized spacial score (nSPS) is 17.0.